The minimum Gasteiger partial charge on any atom is -0.454 e. The van der Waals surface area contributed by atoms with Crippen LogP contribution in [0, 0.1) is 0 Å². The van der Waals surface area contributed by atoms with Crippen LogP contribution in [0.25, 0.3) is 0 Å². The molecule has 0 spiro atoms. The summed E-state index contributed by atoms with van der Waals surface area (Å²) in [6.45, 7) is 4.14. The zero-order valence-electron chi connectivity index (χ0n) is 19.2. The number of hydrogen-bond acceptors (Lipinski definition) is 9. The number of piperidine rings is 1. The molecule has 180 valence electrons. The van der Waals surface area contributed by atoms with E-state index in [1.54, 1.807) is 4.90 Å². The highest BCUT2D eigenvalue weighted by molar-refractivity contribution is 7.85. The molecule has 2 atom stereocenters. The lowest BCUT2D eigenvalue weighted by molar-refractivity contribution is -0.132. The van der Waals surface area contributed by atoms with Crippen molar-refractivity contribution in [3.63, 3.8) is 0 Å². The lowest BCUT2D eigenvalue weighted by Crippen LogP contribution is -2.47. The third-order valence-corrected chi connectivity index (χ3v) is 8.39. The standard InChI is InChI=1S/C23H28N6O4S/c1-27-13-15(2-5-20(27)30)24-22-21-17(6-11-34(21)31)25-23(26-22)29-9-7-28(8-10-29)16-3-4-18-19(12-16)33-14-32-18/h3-4,12,15H,2,5-11,13-14H2,1H3,(H,24,25,26). The van der Waals surface area contributed by atoms with Crippen molar-refractivity contribution < 1.29 is 18.5 Å². The molecule has 0 radical (unpaired) electrons. The number of carbonyl (C=O) groups is 1. The molecule has 4 aliphatic rings. The van der Waals surface area contributed by atoms with Crippen molar-refractivity contribution in [2.24, 2.45) is 0 Å². The van der Waals surface area contributed by atoms with E-state index in [4.69, 9.17) is 19.4 Å². The molecule has 34 heavy (non-hydrogen) atoms. The first kappa shape index (κ1) is 21.5. The van der Waals surface area contributed by atoms with Gasteiger partial charge in [0, 0.05) is 76.2 Å². The van der Waals surface area contributed by atoms with Gasteiger partial charge in [-0.05, 0) is 18.6 Å². The predicted octanol–water partition coefficient (Wildman–Crippen LogP) is 1.23. The molecular formula is C23H28N6O4S. The molecule has 0 aliphatic carbocycles. The van der Waals surface area contributed by atoms with Gasteiger partial charge in [0.15, 0.2) is 11.5 Å². The monoisotopic (exact) mass is 484 g/mol. The largest absolute Gasteiger partial charge is 0.454 e. The number of carbonyl (C=O) groups excluding carboxylic acids is 1. The fourth-order valence-corrected chi connectivity index (χ4v) is 6.31. The Balaban J connectivity index is 1.19. The van der Waals surface area contributed by atoms with Crippen molar-refractivity contribution in [3.8, 4) is 11.5 Å². The molecule has 10 nitrogen and oxygen atoms in total. The summed E-state index contributed by atoms with van der Waals surface area (Å²) in [7, 11) is 0.733. The highest BCUT2D eigenvalue weighted by Crippen LogP contribution is 2.36. The number of aromatic nitrogens is 2. The number of amides is 1. The predicted molar refractivity (Wildman–Crippen MR) is 128 cm³/mol. The highest BCUT2D eigenvalue weighted by atomic mass is 32.2. The van der Waals surface area contributed by atoms with Crippen LogP contribution in [-0.4, -0.2) is 83.3 Å². The first-order chi connectivity index (χ1) is 16.5. The second-order valence-electron chi connectivity index (χ2n) is 9.11. The fourth-order valence-electron chi connectivity index (χ4n) is 4.99. The van der Waals surface area contributed by atoms with Gasteiger partial charge in [-0.1, -0.05) is 0 Å². The zero-order chi connectivity index (χ0) is 23.2. The van der Waals surface area contributed by atoms with Gasteiger partial charge in [0.05, 0.1) is 16.5 Å². The third-order valence-electron chi connectivity index (χ3n) is 6.93. The van der Waals surface area contributed by atoms with Crippen molar-refractivity contribution in [3.05, 3.63) is 23.9 Å². The van der Waals surface area contributed by atoms with E-state index in [1.807, 2.05) is 19.2 Å². The van der Waals surface area contributed by atoms with Crippen LogP contribution in [0.2, 0.25) is 0 Å². The van der Waals surface area contributed by atoms with Crippen LogP contribution >= 0.6 is 0 Å². The minimum absolute atomic E-state index is 0.0926. The molecule has 1 aromatic carbocycles. The fraction of sp³-hybridized carbons (Fsp3) is 0.522. The Hall–Kier alpha value is -3.08. The van der Waals surface area contributed by atoms with Crippen molar-refractivity contribution in [1.29, 1.82) is 0 Å². The van der Waals surface area contributed by atoms with Crippen LogP contribution in [0.1, 0.15) is 18.5 Å². The second kappa shape index (κ2) is 8.61. The minimum atomic E-state index is -1.09. The van der Waals surface area contributed by atoms with Crippen molar-refractivity contribution >= 4 is 34.2 Å². The number of fused-ring (bicyclic) bond motifs is 2. The summed E-state index contributed by atoms with van der Waals surface area (Å²) in [5, 5.41) is 3.50. The Labute approximate surface area is 200 Å². The number of anilines is 3. The summed E-state index contributed by atoms with van der Waals surface area (Å²) >= 11 is 0. The van der Waals surface area contributed by atoms with Crippen molar-refractivity contribution in [2.45, 2.75) is 30.2 Å². The highest BCUT2D eigenvalue weighted by Gasteiger charge is 2.31. The van der Waals surface area contributed by atoms with Crippen LogP contribution < -0.4 is 24.6 Å². The van der Waals surface area contributed by atoms with E-state index in [-0.39, 0.29) is 18.7 Å². The Morgan fingerprint density at radius 1 is 1.06 bits per heavy atom. The van der Waals surface area contributed by atoms with Gasteiger partial charge in [0.2, 0.25) is 18.6 Å². The van der Waals surface area contributed by atoms with Gasteiger partial charge < -0.3 is 29.5 Å². The van der Waals surface area contributed by atoms with Gasteiger partial charge in [0.25, 0.3) is 0 Å². The van der Waals surface area contributed by atoms with Crippen molar-refractivity contribution in [2.75, 3.05) is 67.4 Å². The molecule has 2 saturated heterocycles. The lowest BCUT2D eigenvalue weighted by Gasteiger charge is -2.36. The van der Waals surface area contributed by atoms with Gasteiger partial charge >= 0.3 is 0 Å². The van der Waals surface area contributed by atoms with Crippen LogP contribution in [0.5, 0.6) is 11.5 Å². The Bertz CT molecular complexity index is 1150. The number of rotatable bonds is 4. The number of nitrogens with zero attached hydrogens (tertiary/aromatic N) is 5. The smallest absolute Gasteiger partial charge is 0.231 e. The number of piperazine rings is 1. The van der Waals surface area contributed by atoms with E-state index in [9.17, 15) is 9.00 Å². The lowest BCUT2D eigenvalue weighted by atomic mass is 10.1. The summed E-state index contributed by atoms with van der Waals surface area (Å²) < 4.78 is 23.7. The molecule has 2 aromatic rings. The number of ether oxygens (including phenoxy) is 2. The number of hydrogen-bond donors (Lipinski definition) is 1. The van der Waals surface area contributed by atoms with Crippen LogP contribution in [0.15, 0.2) is 23.1 Å². The number of likely N-dealkylation sites (N-methyl/N-ethyl adjacent to an activating group) is 1. The van der Waals surface area contributed by atoms with Crippen molar-refractivity contribution in [1.82, 2.24) is 14.9 Å². The van der Waals surface area contributed by atoms with Gasteiger partial charge in [-0.25, -0.2) is 4.98 Å². The SMILES string of the molecule is CN1CC(Nc2nc(N3CCN(c4ccc5c(c4)OCO5)CC3)nc3c2S(=O)CC3)CCC1=O. The van der Waals surface area contributed by atoms with Crippen LogP contribution in [-0.2, 0) is 22.0 Å². The van der Waals surface area contributed by atoms with Gasteiger partial charge in [-0.2, -0.15) is 4.98 Å². The quantitative estimate of drug-likeness (QED) is 0.687. The van der Waals surface area contributed by atoms with E-state index < -0.39 is 10.8 Å². The maximum absolute atomic E-state index is 12.7. The summed E-state index contributed by atoms with van der Waals surface area (Å²) in [5.41, 5.74) is 2.00. The normalized spacial score (nSPS) is 23.9. The van der Waals surface area contributed by atoms with Gasteiger partial charge in [-0.15, -0.1) is 0 Å². The molecule has 1 aromatic heterocycles. The molecular weight excluding hydrogens is 456 g/mol. The third kappa shape index (κ3) is 3.91. The number of likely N-dealkylation sites (tertiary alicyclic amines) is 1. The number of benzene rings is 1. The Morgan fingerprint density at radius 3 is 2.68 bits per heavy atom. The molecule has 1 N–H and O–H groups in total. The molecule has 2 fully saturated rings. The first-order valence-corrected chi connectivity index (χ1v) is 13.1. The maximum Gasteiger partial charge on any atom is 0.231 e. The zero-order valence-corrected chi connectivity index (χ0v) is 20.0. The topological polar surface area (TPSA) is 100 Å². The van der Waals surface area contributed by atoms with E-state index >= 15 is 0 Å². The summed E-state index contributed by atoms with van der Waals surface area (Å²) in [6, 6.07) is 6.16. The Morgan fingerprint density at radius 2 is 1.85 bits per heavy atom. The molecule has 6 rings (SSSR count). The summed E-state index contributed by atoms with van der Waals surface area (Å²) in [5.74, 6) is 3.69. The molecule has 0 saturated carbocycles. The van der Waals surface area contributed by atoms with E-state index in [0.29, 0.717) is 36.9 Å². The van der Waals surface area contributed by atoms with E-state index in [1.165, 1.54) is 0 Å². The average molecular weight is 485 g/mol. The van der Waals surface area contributed by atoms with Gasteiger partial charge in [0.1, 0.15) is 10.7 Å². The molecule has 5 heterocycles. The maximum atomic E-state index is 12.7. The molecule has 2 unspecified atom stereocenters. The van der Waals surface area contributed by atoms with E-state index in [0.717, 1.165) is 60.4 Å². The summed E-state index contributed by atoms with van der Waals surface area (Å²) in [4.78, 5) is 28.6. The Kier molecular flexibility index (Phi) is 5.43. The van der Waals surface area contributed by atoms with E-state index in [2.05, 4.69) is 21.2 Å². The number of nitrogens with one attached hydrogen (secondary N) is 1. The summed E-state index contributed by atoms with van der Waals surface area (Å²) in [6.07, 6.45) is 1.96. The second-order valence-corrected chi connectivity index (χ2v) is 10.6. The number of aryl methyl sites for hydroxylation is 1. The molecule has 1 amide bonds. The molecule has 11 heteroatoms. The van der Waals surface area contributed by atoms with Gasteiger partial charge in [-0.3, -0.25) is 9.00 Å². The van der Waals surface area contributed by atoms with Crippen LogP contribution in [0.4, 0.5) is 17.5 Å². The molecule has 4 aliphatic heterocycles. The van der Waals surface area contributed by atoms with Crippen LogP contribution in [0.3, 0.4) is 0 Å². The first-order valence-electron chi connectivity index (χ1n) is 11.7. The molecule has 0 bridgehead atoms. The average Bonchev–Trinajstić information content (AvgIpc) is 3.47.